The first-order valence-corrected chi connectivity index (χ1v) is 9.11. The van der Waals surface area contributed by atoms with Crippen molar-refractivity contribution in [3.05, 3.63) is 58.7 Å². The second kappa shape index (κ2) is 9.52. The van der Waals surface area contributed by atoms with E-state index in [0.717, 1.165) is 38.4 Å². The van der Waals surface area contributed by atoms with Crippen molar-refractivity contribution >= 4 is 23.3 Å². The Bertz CT molecular complexity index is 718. The SMILES string of the molecule is O=C(NCCN1CCOCC1)c1ccnc(NCc2ccc(Cl)cc2)c1. The van der Waals surface area contributed by atoms with E-state index in [9.17, 15) is 4.79 Å². The summed E-state index contributed by atoms with van der Waals surface area (Å²) in [5, 5.41) is 6.90. The third-order valence-corrected chi connectivity index (χ3v) is 4.48. The van der Waals surface area contributed by atoms with Gasteiger partial charge in [0.2, 0.25) is 0 Å². The molecule has 2 heterocycles. The van der Waals surface area contributed by atoms with Gasteiger partial charge in [-0.25, -0.2) is 4.98 Å². The molecular formula is C19H23ClN4O2. The molecule has 3 rings (SSSR count). The van der Waals surface area contributed by atoms with E-state index in [0.29, 0.717) is 29.5 Å². The van der Waals surface area contributed by atoms with E-state index in [1.807, 2.05) is 24.3 Å². The molecule has 1 aromatic carbocycles. The number of halogens is 1. The Morgan fingerprint density at radius 3 is 2.73 bits per heavy atom. The van der Waals surface area contributed by atoms with Gasteiger partial charge < -0.3 is 15.4 Å². The van der Waals surface area contributed by atoms with Crippen molar-refractivity contribution < 1.29 is 9.53 Å². The number of hydrogen-bond acceptors (Lipinski definition) is 5. The number of anilines is 1. The minimum atomic E-state index is -0.0878. The van der Waals surface area contributed by atoms with Gasteiger partial charge in [0.05, 0.1) is 13.2 Å². The number of nitrogens with one attached hydrogen (secondary N) is 2. The summed E-state index contributed by atoms with van der Waals surface area (Å²) in [6.45, 7) is 5.44. The molecule has 26 heavy (non-hydrogen) atoms. The summed E-state index contributed by atoms with van der Waals surface area (Å²) < 4.78 is 5.32. The van der Waals surface area contributed by atoms with Gasteiger partial charge in [-0.3, -0.25) is 9.69 Å². The molecule has 0 atom stereocenters. The van der Waals surface area contributed by atoms with E-state index in [1.165, 1.54) is 0 Å². The Hall–Kier alpha value is -2.15. The van der Waals surface area contributed by atoms with Gasteiger partial charge in [-0.15, -0.1) is 0 Å². The van der Waals surface area contributed by atoms with Gasteiger partial charge in [-0.05, 0) is 29.8 Å². The summed E-state index contributed by atoms with van der Waals surface area (Å²) in [4.78, 5) is 18.9. The van der Waals surface area contributed by atoms with Crippen LogP contribution in [0.1, 0.15) is 15.9 Å². The van der Waals surface area contributed by atoms with Crippen LogP contribution in [0, 0.1) is 0 Å². The lowest BCUT2D eigenvalue weighted by Crippen LogP contribution is -2.41. The lowest BCUT2D eigenvalue weighted by Gasteiger charge is -2.26. The number of morpholine rings is 1. The van der Waals surface area contributed by atoms with Crippen LogP contribution in [0.5, 0.6) is 0 Å². The van der Waals surface area contributed by atoms with Crippen molar-refractivity contribution in [2.24, 2.45) is 0 Å². The summed E-state index contributed by atoms with van der Waals surface area (Å²) in [6, 6.07) is 11.1. The molecule has 1 saturated heterocycles. The first-order chi connectivity index (χ1) is 12.7. The molecule has 1 amide bonds. The third-order valence-electron chi connectivity index (χ3n) is 4.23. The Morgan fingerprint density at radius 2 is 1.96 bits per heavy atom. The number of ether oxygens (including phenoxy) is 1. The fraction of sp³-hybridized carbons (Fsp3) is 0.368. The highest BCUT2D eigenvalue weighted by atomic mass is 35.5. The van der Waals surface area contributed by atoms with E-state index in [4.69, 9.17) is 16.3 Å². The molecule has 1 aliphatic rings. The lowest BCUT2D eigenvalue weighted by atomic mass is 10.2. The van der Waals surface area contributed by atoms with Gasteiger partial charge in [-0.1, -0.05) is 23.7 Å². The molecule has 0 aliphatic carbocycles. The van der Waals surface area contributed by atoms with Crippen molar-refractivity contribution in [3.8, 4) is 0 Å². The van der Waals surface area contributed by atoms with Crippen LogP contribution in [-0.2, 0) is 11.3 Å². The Balaban J connectivity index is 1.47. The van der Waals surface area contributed by atoms with Crippen LogP contribution in [0.2, 0.25) is 5.02 Å². The van der Waals surface area contributed by atoms with Crippen LogP contribution in [0.3, 0.4) is 0 Å². The highest BCUT2D eigenvalue weighted by Gasteiger charge is 2.11. The van der Waals surface area contributed by atoms with E-state index in [-0.39, 0.29) is 5.91 Å². The number of aromatic nitrogens is 1. The molecule has 0 bridgehead atoms. The average molecular weight is 375 g/mol. The summed E-state index contributed by atoms with van der Waals surface area (Å²) in [7, 11) is 0. The molecule has 1 fully saturated rings. The molecular weight excluding hydrogens is 352 g/mol. The molecule has 0 spiro atoms. The van der Waals surface area contributed by atoms with Gasteiger partial charge in [0, 0.05) is 49.5 Å². The van der Waals surface area contributed by atoms with Crippen LogP contribution in [0.15, 0.2) is 42.6 Å². The largest absolute Gasteiger partial charge is 0.379 e. The van der Waals surface area contributed by atoms with Crippen LogP contribution in [-0.4, -0.2) is 55.2 Å². The predicted octanol–water partition coefficient (Wildman–Crippen LogP) is 2.41. The quantitative estimate of drug-likeness (QED) is 0.779. The number of rotatable bonds is 7. The average Bonchev–Trinajstić information content (AvgIpc) is 2.68. The number of benzene rings is 1. The molecule has 0 saturated carbocycles. The number of nitrogens with zero attached hydrogens (tertiary/aromatic N) is 2. The van der Waals surface area contributed by atoms with Crippen LogP contribution >= 0.6 is 11.6 Å². The van der Waals surface area contributed by atoms with Crippen LogP contribution in [0.4, 0.5) is 5.82 Å². The third kappa shape index (κ3) is 5.69. The zero-order valence-corrected chi connectivity index (χ0v) is 15.3. The van der Waals surface area contributed by atoms with Crippen molar-refractivity contribution in [1.82, 2.24) is 15.2 Å². The number of amides is 1. The van der Waals surface area contributed by atoms with E-state index in [2.05, 4.69) is 20.5 Å². The molecule has 1 aliphatic heterocycles. The summed E-state index contributed by atoms with van der Waals surface area (Å²) >= 11 is 5.89. The standard InChI is InChI=1S/C19H23ClN4O2/c20-17-3-1-15(2-4-17)14-23-18-13-16(5-6-21-18)19(25)22-7-8-24-9-11-26-12-10-24/h1-6,13H,7-12,14H2,(H,21,23)(H,22,25). The van der Waals surface area contributed by atoms with Gasteiger partial charge in [0.15, 0.2) is 0 Å². The first-order valence-electron chi connectivity index (χ1n) is 8.73. The second-order valence-corrected chi connectivity index (χ2v) is 6.56. The minimum absolute atomic E-state index is 0.0878. The maximum absolute atomic E-state index is 12.3. The molecule has 7 heteroatoms. The lowest BCUT2D eigenvalue weighted by molar-refractivity contribution is 0.0383. The maximum Gasteiger partial charge on any atom is 0.251 e. The first kappa shape index (κ1) is 18.6. The van der Waals surface area contributed by atoms with Gasteiger partial charge >= 0.3 is 0 Å². The highest BCUT2D eigenvalue weighted by molar-refractivity contribution is 6.30. The van der Waals surface area contributed by atoms with Gasteiger partial charge in [0.1, 0.15) is 5.82 Å². The predicted molar refractivity (Wildman–Crippen MR) is 103 cm³/mol. The van der Waals surface area contributed by atoms with E-state index in [1.54, 1.807) is 18.3 Å². The monoisotopic (exact) mass is 374 g/mol. The Labute approximate surface area is 158 Å². The molecule has 0 unspecified atom stereocenters. The molecule has 138 valence electrons. The van der Waals surface area contributed by atoms with E-state index >= 15 is 0 Å². The maximum atomic E-state index is 12.3. The molecule has 6 nitrogen and oxygen atoms in total. The number of carbonyl (C=O) groups excluding carboxylic acids is 1. The van der Waals surface area contributed by atoms with Crippen molar-refractivity contribution in [1.29, 1.82) is 0 Å². The Morgan fingerprint density at radius 1 is 1.19 bits per heavy atom. The van der Waals surface area contributed by atoms with E-state index < -0.39 is 0 Å². The molecule has 0 radical (unpaired) electrons. The molecule has 2 aromatic rings. The van der Waals surface area contributed by atoms with Crippen LogP contribution < -0.4 is 10.6 Å². The fourth-order valence-electron chi connectivity index (χ4n) is 2.72. The smallest absolute Gasteiger partial charge is 0.251 e. The summed E-state index contributed by atoms with van der Waals surface area (Å²) in [5.41, 5.74) is 1.69. The van der Waals surface area contributed by atoms with Crippen molar-refractivity contribution in [2.75, 3.05) is 44.7 Å². The van der Waals surface area contributed by atoms with Crippen molar-refractivity contribution in [3.63, 3.8) is 0 Å². The van der Waals surface area contributed by atoms with Crippen LogP contribution in [0.25, 0.3) is 0 Å². The normalized spacial score (nSPS) is 14.8. The van der Waals surface area contributed by atoms with Crippen molar-refractivity contribution in [2.45, 2.75) is 6.54 Å². The number of hydrogen-bond donors (Lipinski definition) is 2. The molecule has 2 N–H and O–H groups in total. The summed E-state index contributed by atoms with van der Waals surface area (Å²) in [6.07, 6.45) is 1.64. The summed E-state index contributed by atoms with van der Waals surface area (Å²) in [5.74, 6) is 0.580. The molecule has 1 aromatic heterocycles. The highest BCUT2D eigenvalue weighted by Crippen LogP contribution is 2.12. The fourth-order valence-corrected chi connectivity index (χ4v) is 2.84. The zero-order chi connectivity index (χ0) is 18.2. The van der Waals surface area contributed by atoms with Gasteiger partial charge in [0.25, 0.3) is 5.91 Å². The number of pyridine rings is 1. The second-order valence-electron chi connectivity index (χ2n) is 6.12. The van der Waals surface area contributed by atoms with Gasteiger partial charge in [-0.2, -0.15) is 0 Å². The zero-order valence-electron chi connectivity index (χ0n) is 14.6. The number of carbonyl (C=O) groups is 1. The topological polar surface area (TPSA) is 66.5 Å². The Kier molecular flexibility index (Phi) is 6.82. The minimum Gasteiger partial charge on any atom is -0.379 e.